The molecule has 0 saturated heterocycles. The first-order valence-electron chi connectivity index (χ1n) is 8.83. The van der Waals surface area contributed by atoms with Crippen LogP contribution >= 0.6 is 0 Å². The van der Waals surface area contributed by atoms with Crippen molar-refractivity contribution in [3.05, 3.63) is 65.5 Å². The summed E-state index contributed by atoms with van der Waals surface area (Å²) in [5.74, 6) is -0.0981. The fraction of sp³-hybridized carbons (Fsp3) is 0.333. The van der Waals surface area contributed by atoms with Crippen molar-refractivity contribution in [2.24, 2.45) is 0 Å². The van der Waals surface area contributed by atoms with Crippen molar-refractivity contribution in [3.8, 4) is 5.75 Å². The molecule has 0 bridgehead atoms. The van der Waals surface area contributed by atoms with E-state index in [-0.39, 0.29) is 23.7 Å². The van der Waals surface area contributed by atoms with Crippen LogP contribution in [0.25, 0.3) is 0 Å². The van der Waals surface area contributed by atoms with Gasteiger partial charge in [0.25, 0.3) is 5.91 Å². The van der Waals surface area contributed by atoms with Gasteiger partial charge in [0.15, 0.2) is 12.9 Å². The number of hydrogen-bond donors (Lipinski definition) is 1. The second-order valence-corrected chi connectivity index (χ2v) is 6.72. The second-order valence-electron chi connectivity index (χ2n) is 6.72. The molecular weight excluding hydrogens is 333 g/mol. The molecule has 0 aliphatic heterocycles. The summed E-state index contributed by atoms with van der Waals surface area (Å²) < 4.78 is 18.7. The molecule has 0 unspecified atom stereocenters. The van der Waals surface area contributed by atoms with E-state index in [9.17, 15) is 14.0 Å². The largest absolute Gasteiger partial charge is 0.483 e. The summed E-state index contributed by atoms with van der Waals surface area (Å²) in [6.07, 6.45) is 4.82. The minimum atomic E-state index is -0.256. The van der Waals surface area contributed by atoms with Crippen molar-refractivity contribution < 1.29 is 18.7 Å². The van der Waals surface area contributed by atoms with Gasteiger partial charge in [0.2, 0.25) is 0 Å². The maximum atomic E-state index is 13.2. The molecule has 0 heterocycles. The number of para-hydroxylation sites is 1. The summed E-state index contributed by atoms with van der Waals surface area (Å²) in [7, 11) is 0. The Morgan fingerprint density at radius 3 is 2.50 bits per heavy atom. The van der Waals surface area contributed by atoms with Crippen molar-refractivity contribution >= 4 is 12.2 Å². The number of ether oxygens (including phenoxy) is 1. The Balaban J connectivity index is 1.60. The van der Waals surface area contributed by atoms with Crippen LogP contribution < -0.4 is 10.1 Å². The smallest absolute Gasteiger partial charge is 0.257 e. The van der Waals surface area contributed by atoms with Crippen LogP contribution in [0.2, 0.25) is 0 Å². The number of carbonyl (C=O) groups excluding carboxylic acids is 2. The molecule has 2 aromatic rings. The van der Waals surface area contributed by atoms with Crippen LogP contribution in [0.1, 0.15) is 41.6 Å². The second kappa shape index (κ2) is 8.13. The van der Waals surface area contributed by atoms with E-state index >= 15 is 0 Å². The number of rotatable bonds is 7. The van der Waals surface area contributed by atoms with Crippen molar-refractivity contribution in [2.75, 3.05) is 13.2 Å². The molecule has 5 heteroatoms. The summed E-state index contributed by atoms with van der Waals surface area (Å²) in [6.45, 7) is 0.348. The lowest BCUT2D eigenvalue weighted by atomic mass is 9.79. The quantitative estimate of drug-likeness (QED) is 0.772. The van der Waals surface area contributed by atoms with E-state index in [4.69, 9.17) is 4.74 Å². The molecule has 1 aliphatic rings. The molecule has 0 aromatic heterocycles. The average Bonchev–Trinajstić information content (AvgIpc) is 3.15. The van der Waals surface area contributed by atoms with Crippen molar-refractivity contribution in [1.29, 1.82) is 0 Å². The highest BCUT2D eigenvalue weighted by atomic mass is 19.1. The van der Waals surface area contributed by atoms with Crippen LogP contribution in [-0.2, 0) is 10.2 Å². The molecule has 0 spiro atoms. The van der Waals surface area contributed by atoms with Gasteiger partial charge in [0.05, 0.1) is 5.56 Å². The molecule has 1 N–H and O–H groups in total. The molecule has 4 nitrogen and oxygen atoms in total. The third-order valence-electron chi connectivity index (χ3n) is 5.05. The van der Waals surface area contributed by atoms with Crippen molar-refractivity contribution in [1.82, 2.24) is 5.32 Å². The predicted molar refractivity (Wildman–Crippen MR) is 96.9 cm³/mol. The minimum absolute atomic E-state index is 0.148. The monoisotopic (exact) mass is 355 g/mol. The molecular formula is C21H22FNO3. The Kier molecular flexibility index (Phi) is 5.66. The van der Waals surface area contributed by atoms with Gasteiger partial charge in [0, 0.05) is 12.0 Å². The number of aldehydes is 1. The summed E-state index contributed by atoms with van der Waals surface area (Å²) in [5.41, 5.74) is 1.33. The van der Waals surface area contributed by atoms with Gasteiger partial charge >= 0.3 is 0 Å². The summed E-state index contributed by atoms with van der Waals surface area (Å²) >= 11 is 0. The van der Waals surface area contributed by atoms with Gasteiger partial charge in [-0.05, 0) is 42.7 Å². The lowest BCUT2D eigenvalue weighted by Crippen LogP contribution is -2.40. The summed E-state index contributed by atoms with van der Waals surface area (Å²) in [5, 5.41) is 2.94. The molecule has 0 radical (unpaired) electrons. The molecule has 26 heavy (non-hydrogen) atoms. The van der Waals surface area contributed by atoms with Crippen molar-refractivity contribution in [3.63, 3.8) is 0 Å². The van der Waals surface area contributed by atoms with Crippen LogP contribution in [-0.4, -0.2) is 25.3 Å². The highest BCUT2D eigenvalue weighted by Crippen LogP contribution is 2.40. The Labute approximate surface area is 152 Å². The first-order valence-corrected chi connectivity index (χ1v) is 8.83. The number of halogens is 1. The van der Waals surface area contributed by atoms with Crippen LogP contribution in [0.3, 0.4) is 0 Å². The SMILES string of the molecule is O=Cc1ccccc1OCC(=O)NCC1(c2ccc(F)cc2)CCCC1. The lowest BCUT2D eigenvalue weighted by molar-refractivity contribution is -0.123. The number of nitrogens with one attached hydrogen (secondary N) is 1. The van der Waals surface area contributed by atoms with Crippen molar-refractivity contribution in [2.45, 2.75) is 31.1 Å². The first kappa shape index (κ1) is 18.1. The van der Waals surface area contributed by atoms with Gasteiger partial charge in [-0.3, -0.25) is 9.59 Å². The van der Waals surface area contributed by atoms with Gasteiger partial charge in [-0.25, -0.2) is 4.39 Å². The van der Waals surface area contributed by atoms with Crippen LogP contribution in [0.5, 0.6) is 5.75 Å². The van der Waals surface area contributed by atoms with Gasteiger partial charge < -0.3 is 10.1 Å². The lowest BCUT2D eigenvalue weighted by Gasteiger charge is -2.30. The van der Waals surface area contributed by atoms with Crippen LogP contribution in [0, 0.1) is 5.82 Å². The van der Waals surface area contributed by atoms with Gasteiger partial charge in [-0.15, -0.1) is 0 Å². The maximum absolute atomic E-state index is 13.2. The van der Waals surface area contributed by atoms with Gasteiger partial charge in [-0.1, -0.05) is 37.1 Å². The Morgan fingerprint density at radius 1 is 1.12 bits per heavy atom. The van der Waals surface area contributed by atoms with Gasteiger partial charge in [-0.2, -0.15) is 0 Å². The number of amides is 1. The fourth-order valence-electron chi connectivity index (χ4n) is 3.59. The van der Waals surface area contributed by atoms with E-state index in [1.54, 1.807) is 24.3 Å². The Bertz CT molecular complexity index is 767. The minimum Gasteiger partial charge on any atom is -0.483 e. The molecule has 3 rings (SSSR count). The number of benzene rings is 2. The molecule has 136 valence electrons. The van der Waals surface area contributed by atoms with Crippen LogP contribution in [0.4, 0.5) is 4.39 Å². The summed E-state index contributed by atoms with van der Waals surface area (Å²) in [6, 6.07) is 13.3. The highest BCUT2D eigenvalue weighted by molar-refractivity contribution is 5.80. The van der Waals surface area contributed by atoms with E-state index in [0.717, 1.165) is 31.2 Å². The predicted octanol–water partition coefficient (Wildman–Crippen LogP) is 3.65. The van der Waals surface area contributed by atoms with Crippen LogP contribution in [0.15, 0.2) is 48.5 Å². The summed E-state index contributed by atoms with van der Waals surface area (Å²) in [4.78, 5) is 23.2. The average molecular weight is 355 g/mol. The third-order valence-corrected chi connectivity index (χ3v) is 5.05. The zero-order valence-electron chi connectivity index (χ0n) is 14.5. The molecule has 1 amide bonds. The fourth-order valence-corrected chi connectivity index (χ4v) is 3.59. The first-order chi connectivity index (χ1) is 12.6. The van der Waals surface area contributed by atoms with E-state index in [1.165, 1.54) is 12.1 Å². The zero-order chi connectivity index (χ0) is 18.4. The Morgan fingerprint density at radius 2 is 1.81 bits per heavy atom. The zero-order valence-corrected chi connectivity index (χ0v) is 14.5. The Hall–Kier alpha value is -2.69. The standard InChI is InChI=1S/C21H22FNO3/c22-18-9-7-17(8-10-18)21(11-3-4-12-21)15-23-20(25)14-26-19-6-2-1-5-16(19)13-24/h1-2,5-10,13H,3-4,11-12,14-15H2,(H,23,25). The number of hydrogen-bond acceptors (Lipinski definition) is 3. The molecule has 0 atom stereocenters. The highest BCUT2D eigenvalue weighted by Gasteiger charge is 2.35. The maximum Gasteiger partial charge on any atom is 0.257 e. The van der Waals surface area contributed by atoms with E-state index in [0.29, 0.717) is 24.1 Å². The van der Waals surface area contributed by atoms with Gasteiger partial charge in [0.1, 0.15) is 11.6 Å². The number of carbonyl (C=O) groups is 2. The molecule has 1 aliphatic carbocycles. The molecule has 2 aromatic carbocycles. The van der Waals surface area contributed by atoms with E-state index < -0.39 is 0 Å². The third kappa shape index (κ3) is 4.10. The van der Waals surface area contributed by atoms with E-state index in [1.807, 2.05) is 12.1 Å². The molecule has 1 saturated carbocycles. The molecule has 1 fully saturated rings. The van der Waals surface area contributed by atoms with E-state index in [2.05, 4.69) is 5.32 Å². The topological polar surface area (TPSA) is 55.4 Å². The normalized spacial score (nSPS) is 15.4.